The van der Waals surface area contributed by atoms with E-state index in [-0.39, 0.29) is 18.0 Å². The first-order valence-corrected chi connectivity index (χ1v) is 10.2. The van der Waals surface area contributed by atoms with Crippen molar-refractivity contribution >= 4 is 16.8 Å². The van der Waals surface area contributed by atoms with Gasteiger partial charge in [-0.25, -0.2) is 4.98 Å². The minimum atomic E-state index is -0.198. The molecular formula is C23H26N4O2. The third kappa shape index (κ3) is 4.71. The van der Waals surface area contributed by atoms with E-state index in [1.54, 1.807) is 18.2 Å². The molecule has 0 radical (unpaired) electrons. The van der Waals surface area contributed by atoms with E-state index in [9.17, 15) is 9.59 Å². The molecule has 1 fully saturated rings. The average molecular weight is 390 g/mol. The molecule has 0 atom stereocenters. The minimum Gasteiger partial charge on any atom is -0.350 e. The Bertz CT molecular complexity index is 1050. The van der Waals surface area contributed by atoms with Crippen LogP contribution in [0.2, 0.25) is 0 Å². The number of nitrogens with one attached hydrogen (secondary N) is 1. The fraction of sp³-hybridized carbons (Fsp3) is 0.348. The van der Waals surface area contributed by atoms with E-state index in [1.165, 1.54) is 35.7 Å². The van der Waals surface area contributed by atoms with E-state index in [4.69, 9.17) is 0 Å². The molecule has 29 heavy (non-hydrogen) atoms. The highest BCUT2D eigenvalue weighted by molar-refractivity contribution is 5.78. The number of para-hydroxylation sites is 1. The van der Waals surface area contributed by atoms with E-state index in [0.717, 1.165) is 25.2 Å². The number of fused-ring (bicyclic) bond motifs is 1. The van der Waals surface area contributed by atoms with Crippen molar-refractivity contribution in [3.63, 3.8) is 0 Å². The molecule has 2 heterocycles. The summed E-state index contributed by atoms with van der Waals surface area (Å²) in [6.07, 6.45) is 5.27. The monoisotopic (exact) mass is 390 g/mol. The standard InChI is InChI=1S/C23H26N4O2/c28-22(16-27-17-25-21-11-5-4-10-20(21)23(27)29)24-14-18-8-2-3-9-19(18)15-26-12-6-1-7-13-26/h2-5,8-11,17H,1,6-7,12-16H2,(H,24,28). The van der Waals surface area contributed by atoms with Crippen LogP contribution in [0.25, 0.3) is 10.9 Å². The zero-order valence-corrected chi connectivity index (χ0v) is 16.5. The Morgan fingerprint density at radius 2 is 1.69 bits per heavy atom. The second-order valence-corrected chi connectivity index (χ2v) is 7.58. The summed E-state index contributed by atoms with van der Waals surface area (Å²) in [5.41, 5.74) is 2.81. The van der Waals surface area contributed by atoms with Crippen LogP contribution in [0.5, 0.6) is 0 Å². The topological polar surface area (TPSA) is 67.2 Å². The highest BCUT2D eigenvalue weighted by Gasteiger charge is 2.13. The second kappa shape index (κ2) is 9.01. The fourth-order valence-electron chi connectivity index (χ4n) is 3.87. The van der Waals surface area contributed by atoms with Crippen LogP contribution in [0.3, 0.4) is 0 Å². The molecule has 0 saturated carbocycles. The number of nitrogens with zero attached hydrogens (tertiary/aromatic N) is 3. The molecule has 1 aliphatic rings. The van der Waals surface area contributed by atoms with Gasteiger partial charge in [0.15, 0.2) is 0 Å². The van der Waals surface area contributed by atoms with Crippen molar-refractivity contribution in [1.29, 1.82) is 0 Å². The van der Waals surface area contributed by atoms with Crippen molar-refractivity contribution in [3.8, 4) is 0 Å². The first-order chi connectivity index (χ1) is 14.2. The van der Waals surface area contributed by atoms with Crippen molar-refractivity contribution in [2.45, 2.75) is 38.9 Å². The first-order valence-electron chi connectivity index (χ1n) is 10.2. The minimum absolute atomic E-state index is 0.0367. The Labute approximate surface area is 170 Å². The van der Waals surface area contributed by atoms with Crippen molar-refractivity contribution in [2.75, 3.05) is 13.1 Å². The third-order valence-corrected chi connectivity index (χ3v) is 5.48. The molecule has 6 nitrogen and oxygen atoms in total. The number of rotatable bonds is 6. The molecule has 1 amide bonds. The van der Waals surface area contributed by atoms with E-state index < -0.39 is 0 Å². The summed E-state index contributed by atoms with van der Waals surface area (Å²) in [5, 5.41) is 3.48. The van der Waals surface area contributed by atoms with Crippen molar-refractivity contribution in [3.05, 3.63) is 76.3 Å². The maximum Gasteiger partial charge on any atom is 0.261 e. The van der Waals surface area contributed by atoms with Crippen molar-refractivity contribution in [1.82, 2.24) is 19.8 Å². The van der Waals surface area contributed by atoms with Gasteiger partial charge in [-0.15, -0.1) is 0 Å². The smallest absolute Gasteiger partial charge is 0.261 e. The van der Waals surface area contributed by atoms with Gasteiger partial charge in [0.05, 0.1) is 17.2 Å². The molecule has 6 heteroatoms. The number of likely N-dealkylation sites (tertiary alicyclic amines) is 1. The Morgan fingerprint density at radius 3 is 2.52 bits per heavy atom. The molecular weight excluding hydrogens is 364 g/mol. The quantitative estimate of drug-likeness (QED) is 0.703. The molecule has 1 saturated heterocycles. The summed E-state index contributed by atoms with van der Waals surface area (Å²) in [6, 6.07) is 15.4. The second-order valence-electron chi connectivity index (χ2n) is 7.58. The first kappa shape index (κ1) is 19.3. The van der Waals surface area contributed by atoms with Crippen LogP contribution in [0.15, 0.2) is 59.7 Å². The molecule has 1 N–H and O–H groups in total. The maximum atomic E-state index is 12.6. The van der Waals surface area contributed by atoms with Crippen LogP contribution in [0.1, 0.15) is 30.4 Å². The molecule has 4 rings (SSSR count). The lowest BCUT2D eigenvalue weighted by Gasteiger charge is -2.27. The SMILES string of the molecule is O=C(Cn1cnc2ccccc2c1=O)NCc1ccccc1CN1CCCCC1. The highest BCUT2D eigenvalue weighted by Crippen LogP contribution is 2.16. The van der Waals surface area contributed by atoms with Crippen LogP contribution in [0.4, 0.5) is 0 Å². The molecule has 0 aliphatic carbocycles. The van der Waals surface area contributed by atoms with Crippen molar-refractivity contribution in [2.24, 2.45) is 0 Å². The number of hydrogen-bond donors (Lipinski definition) is 1. The maximum absolute atomic E-state index is 12.6. The normalized spacial score (nSPS) is 14.8. The van der Waals surface area contributed by atoms with Crippen LogP contribution in [-0.4, -0.2) is 33.4 Å². The number of amides is 1. The van der Waals surface area contributed by atoms with E-state index >= 15 is 0 Å². The molecule has 3 aromatic rings. The fourth-order valence-corrected chi connectivity index (χ4v) is 3.87. The van der Waals surface area contributed by atoms with Gasteiger partial charge in [-0.1, -0.05) is 42.8 Å². The van der Waals surface area contributed by atoms with E-state index in [2.05, 4.69) is 27.3 Å². The summed E-state index contributed by atoms with van der Waals surface area (Å²) < 4.78 is 1.36. The third-order valence-electron chi connectivity index (χ3n) is 5.48. The van der Waals surface area contributed by atoms with Crippen molar-refractivity contribution < 1.29 is 4.79 Å². The van der Waals surface area contributed by atoms with Gasteiger partial charge in [-0.3, -0.25) is 19.1 Å². The Kier molecular flexibility index (Phi) is 6.00. The van der Waals surface area contributed by atoms with E-state index in [0.29, 0.717) is 17.4 Å². The lowest BCUT2D eigenvalue weighted by molar-refractivity contribution is -0.121. The molecule has 1 aromatic heterocycles. The van der Waals surface area contributed by atoms with Crippen LogP contribution in [-0.2, 0) is 24.4 Å². The molecule has 2 aromatic carbocycles. The Balaban J connectivity index is 1.40. The summed E-state index contributed by atoms with van der Waals surface area (Å²) in [4.78, 5) is 31.8. The molecule has 1 aliphatic heterocycles. The van der Waals surface area contributed by atoms with Gasteiger partial charge >= 0.3 is 0 Å². The summed E-state index contributed by atoms with van der Waals surface area (Å²) in [7, 11) is 0. The van der Waals surface area contributed by atoms with Crippen LogP contribution in [0, 0.1) is 0 Å². The lowest BCUT2D eigenvalue weighted by atomic mass is 10.0. The zero-order valence-electron chi connectivity index (χ0n) is 16.5. The lowest BCUT2D eigenvalue weighted by Crippen LogP contribution is -2.33. The predicted octanol–water partition coefficient (Wildman–Crippen LogP) is 2.70. The number of carbonyl (C=O) groups is 1. The van der Waals surface area contributed by atoms with Gasteiger partial charge in [0.25, 0.3) is 5.56 Å². The number of piperidine rings is 1. The predicted molar refractivity (Wildman–Crippen MR) is 113 cm³/mol. The largest absolute Gasteiger partial charge is 0.350 e. The summed E-state index contributed by atoms with van der Waals surface area (Å²) in [6.45, 7) is 3.61. The molecule has 0 unspecified atom stereocenters. The molecule has 150 valence electrons. The van der Waals surface area contributed by atoms with Gasteiger partial charge in [0, 0.05) is 13.1 Å². The van der Waals surface area contributed by atoms with Gasteiger partial charge in [-0.05, 0) is 49.2 Å². The van der Waals surface area contributed by atoms with Crippen LogP contribution < -0.4 is 10.9 Å². The van der Waals surface area contributed by atoms with Gasteiger partial charge < -0.3 is 5.32 Å². The number of carbonyl (C=O) groups excluding carboxylic acids is 1. The van der Waals surface area contributed by atoms with Gasteiger partial charge in [0.1, 0.15) is 6.54 Å². The van der Waals surface area contributed by atoms with Gasteiger partial charge in [0.2, 0.25) is 5.91 Å². The van der Waals surface area contributed by atoms with Gasteiger partial charge in [-0.2, -0.15) is 0 Å². The zero-order chi connectivity index (χ0) is 20.1. The summed E-state index contributed by atoms with van der Waals surface area (Å²) in [5.74, 6) is -0.197. The highest BCUT2D eigenvalue weighted by atomic mass is 16.2. The Morgan fingerprint density at radius 1 is 0.966 bits per heavy atom. The molecule has 0 bridgehead atoms. The number of benzene rings is 2. The number of aromatic nitrogens is 2. The molecule has 0 spiro atoms. The number of hydrogen-bond acceptors (Lipinski definition) is 4. The summed E-state index contributed by atoms with van der Waals surface area (Å²) >= 11 is 0. The van der Waals surface area contributed by atoms with Crippen LogP contribution >= 0.6 is 0 Å². The average Bonchev–Trinajstić information content (AvgIpc) is 2.76. The van der Waals surface area contributed by atoms with E-state index in [1.807, 2.05) is 18.2 Å². The Hall–Kier alpha value is -2.99.